The van der Waals surface area contributed by atoms with Gasteiger partial charge in [0.2, 0.25) is 0 Å². The lowest BCUT2D eigenvalue weighted by atomic mass is 9.74. The number of hydrogen-bond donors (Lipinski definition) is 1. The first-order valence-electron chi connectivity index (χ1n) is 6.77. The van der Waals surface area contributed by atoms with E-state index in [1.165, 1.54) is 24.2 Å². The van der Waals surface area contributed by atoms with Crippen molar-refractivity contribution >= 4 is 17.2 Å². The Morgan fingerprint density at radius 2 is 2.28 bits per heavy atom. The Morgan fingerprint density at radius 3 is 2.89 bits per heavy atom. The minimum Gasteiger partial charge on any atom is -0.348 e. The van der Waals surface area contributed by atoms with Crippen molar-refractivity contribution in [2.24, 2.45) is 17.8 Å². The van der Waals surface area contributed by atoms with E-state index in [-0.39, 0.29) is 5.91 Å². The van der Waals surface area contributed by atoms with Crippen molar-refractivity contribution in [2.45, 2.75) is 46.1 Å². The average Bonchev–Trinajstić information content (AvgIpc) is 2.81. The summed E-state index contributed by atoms with van der Waals surface area (Å²) < 4.78 is 0. The Morgan fingerprint density at radius 1 is 1.50 bits per heavy atom. The zero-order chi connectivity index (χ0) is 13.1. The Kier molecular flexibility index (Phi) is 4.38. The third-order valence-electron chi connectivity index (χ3n) is 4.00. The summed E-state index contributed by atoms with van der Waals surface area (Å²) in [6, 6.07) is 0.308. The standard InChI is InChI=1S/C14H22N2OS/c1-9(2)11-5-4-10(3)6-12(11)16-14(17)13-7-18-8-15-13/h7-12H,4-6H2,1-3H3,(H,16,17). The largest absolute Gasteiger partial charge is 0.348 e. The van der Waals surface area contributed by atoms with Gasteiger partial charge >= 0.3 is 0 Å². The lowest BCUT2D eigenvalue weighted by Crippen LogP contribution is -2.45. The molecule has 0 bridgehead atoms. The second kappa shape index (κ2) is 5.83. The molecule has 100 valence electrons. The number of rotatable bonds is 3. The highest BCUT2D eigenvalue weighted by Crippen LogP contribution is 2.33. The van der Waals surface area contributed by atoms with E-state index in [1.807, 2.05) is 5.38 Å². The molecule has 2 rings (SSSR count). The maximum Gasteiger partial charge on any atom is 0.270 e. The fraction of sp³-hybridized carbons (Fsp3) is 0.714. The molecular weight excluding hydrogens is 244 g/mol. The van der Waals surface area contributed by atoms with E-state index in [0.717, 1.165) is 6.42 Å². The molecule has 3 atom stereocenters. The first kappa shape index (κ1) is 13.5. The summed E-state index contributed by atoms with van der Waals surface area (Å²) in [7, 11) is 0. The van der Waals surface area contributed by atoms with Gasteiger partial charge in [-0.3, -0.25) is 4.79 Å². The molecule has 0 spiro atoms. The van der Waals surface area contributed by atoms with Gasteiger partial charge in [0.1, 0.15) is 5.69 Å². The molecule has 1 aromatic heterocycles. The van der Waals surface area contributed by atoms with Crippen LogP contribution in [0.1, 0.15) is 50.5 Å². The zero-order valence-electron chi connectivity index (χ0n) is 11.3. The van der Waals surface area contributed by atoms with Crippen LogP contribution in [-0.2, 0) is 0 Å². The monoisotopic (exact) mass is 266 g/mol. The number of thiazole rings is 1. The van der Waals surface area contributed by atoms with E-state index in [4.69, 9.17) is 0 Å². The molecule has 1 amide bonds. The molecule has 1 saturated carbocycles. The predicted octanol–water partition coefficient (Wildman–Crippen LogP) is 3.33. The van der Waals surface area contributed by atoms with Gasteiger partial charge in [-0.1, -0.05) is 27.2 Å². The molecule has 1 aliphatic carbocycles. The van der Waals surface area contributed by atoms with Crippen LogP contribution in [-0.4, -0.2) is 16.9 Å². The van der Waals surface area contributed by atoms with Gasteiger partial charge in [0.05, 0.1) is 5.51 Å². The number of hydrogen-bond acceptors (Lipinski definition) is 3. The second-order valence-corrected chi connectivity index (χ2v) is 6.50. The van der Waals surface area contributed by atoms with Gasteiger partial charge in [-0.05, 0) is 30.6 Å². The summed E-state index contributed by atoms with van der Waals surface area (Å²) in [5.41, 5.74) is 2.26. The maximum atomic E-state index is 12.1. The van der Waals surface area contributed by atoms with Gasteiger partial charge in [-0.2, -0.15) is 0 Å². The SMILES string of the molecule is CC1CCC(C(C)C)C(NC(=O)c2cscn2)C1. The molecule has 3 nitrogen and oxygen atoms in total. The summed E-state index contributed by atoms with van der Waals surface area (Å²) in [6.45, 7) is 6.78. The highest BCUT2D eigenvalue weighted by Gasteiger charge is 2.31. The van der Waals surface area contributed by atoms with Gasteiger partial charge in [0.15, 0.2) is 0 Å². The molecule has 18 heavy (non-hydrogen) atoms. The molecule has 1 fully saturated rings. The normalized spacial score (nSPS) is 28.3. The van der Waals surface area contributed by atoms with Crippen LogP contribution in [0.15, 0.2) is 10.9 Å². The van der Waals surface area contributed by atoms with Crippen LogP contribution in [0.4, 0.5) is 0 Å². The maximum absolute atomic E-state index is 12.1. The van der Waals surface area contributed by atoms with Crippen molar-refractivity contribution in [2.75, 3.05) is 0 Å². The molecule has 1 N–H and O–H groups in total. The molecule has 0 saturated heterocycles. The minimum atomic E-state index is -0.0130. The van der Waals surface area contributed by atoms with Crippen molar-refractivity contribution in [1.82, 2.24) is 10.3 Å². The van der Waals surface area contributed by atoms with Gasteiger partial charge in [-0.15, -0.1) is 11.3 Å². The zero-order valence-corrected chi connectivity index (χ0v) is 12.2. The Bertz CT molecular complexity index is 389. The summed E-state index contributed by atoms with van der Waals surface area (Å²) in [4.78, 5) is 16.2. The van der Waals surface area contributed by atoms with E-state index in [2.05, 4.69) is 31.1 Å². The summed E-state index contributed by atoms with van der Waals surface area (Å²) >= 11 is 1.47. The average molecular weight is 266 g/mol. The van der Waals surface area contributed by atoms with Crippen LogP contribution in [0.5, 0.6) is 0 Å². The molecule has 1 aromatic rings. The fourth-order valence-electron chi connectivity index (χ4n) is 2.94. The van der Waals surface area contributed by atoms with Crippen molar-refractivity contribution in [3.8, 4) is 0 Å². The van der Waals surface area contributed by atoms with Crippen LogP contribution in [0.25, 0.3) is 0 Å². The molecule has 1 heterocycles. The number of carbonyl (C=O) groups is 1. The lowest BCUT2D eigenvalue weighted by molar-refractivity contribution is 0.0863. The van der Waals surface area contributed by atoms with Gasteiger partial charge in [0.25, 0.3) is 5.91 Å². The quantitative estimate of drug-likeness (QED) is 0.911. The number of amides is 1. The van der Waals surface area contributed by atoms with Crippen molar-refractivity contribution in [3.63, 3.8) is 0 Å². The van der Waals surface area contributed by atoms with Crippen LogP contribution >= 0.6 is 11.3 Å². The van der Waals surface area contributed by atoms with Crippen LogP contribution < -0.4 is 5.32 Å². The van der Waals surface area contributed by atoms with Crippen LogP contribution in [0, 0.1) is 17.8 Å². The second-order valence-electron chi connectivity index (χ2n) is 5.78. The van der Waals surface area contributed by atoms with E-state index >= 15 is 0 Å². The topological polar surface area (TPSA) is 42.0 Å². The summed E-state index contributed by atoms with van der Waals surface area (Å²) in [5.74, 6) is 1.92. The first-order chi connectivity index (χ1) is 8.58. The third-order valence-corrected chi connectivity index (χ3v) is 4.59. The molecule has 3 unspecified atom stereocenters. The molecule has 0 aliphatic heterocycles. The molecular formula is C14H22N2OS. The molecule has 4 heteroatoms. The smallest absolute Gasteiger partial charge is 0.270 e. The summed E-state index contributed by atoms with van der Waals surface area (Å²) in [6.07, 6.45) is 3.60. The van der Waals surface area contributed by atoms with E-state index in [1.54, 1.807) is 5.51 Å². The summed E-state index contributed by atoms with van der Waals surface area (Å²) in [5, 5.41) is 5.00. The highest BCUT2D eigenvalue weighted by atomic mass is 32.1. The predicted molar refractivity (Wildman–Crippen MR) is 74.7 cm³/mol. The number of aromatic nitrogens is 1. The highest BCUT2D eigenvalue weighted by molar-refractivity contribution is 7.07. The fourth-order valence-corrected chi connectivity index (χ4v) is 3.47. The Hall–Kier alpha value is -0.900. The van der Waals surface area contributed by atoms with Gasteiger partial charge in [-0.25, -0.2) is 4.98 Å². The third kappa shape index (κ3) is 3.10. The van der Waals surface area contributed by atoms with Gasteiger partial charge in [0, 0.05) is 11.4 Å². The number of nitrogens with one attached hydrogen (secondary N) is 1. The molecule has 1 aliphatic rings. The van der Waals surface area contributed by atoms with Crippen LogP contribution in [0.3, 0.4) is 0 Å². The van der Waals surface area contributed by atoms with Gasteiger partial charge < -0.3 is 5.32 Å². The number of nitrogens with zero attached hydrogens (tertiary/aromatic N) is 1. The van der Waals surface area contributed by atoms with Crippen molar-refractivity contribution < 1.29 is 4.79 Å². The minimum absolute atomic E-state index is 0.0130. The lowest BCUT2D eigenvalue weighted by Gasteiger charge is -2.37. The Labute approximate surface area is 113 Å². The Balaban J connectivity index is 2.02. The molecule has 0 aromatic carbocycles. The first-order valence-corrected chi connectivity index (χ1v) is 7.71. The van der Waals surface area contributed by atoms with E-state index in [9.17, 15) is 4.79 Å². The van der Waals surface area contributed by atoms with E-state index < -0.39 is 0 Å². The van der Waals surface area contributed by atoms with E-state index in [0.29, 0.717) is 29.5 Å². The van der Waals surface area contributed by atoms with Crippen LogP contribution in [0.2, 0.25) is 0 Å². The van der Waals surface area contributed by atoms with Crippen molar-refractivity contribution in [3.05, 3.63) is 16.6 Å². The molecule has 0 radical (unpaired) electrons. The number of carbonyl (C=O) groups excluding carboxylic acids is 1. The van der Waals surface area contributed by atoms with Crippen molar-refractivity contribution in [1.29, 1.82) is 0 Å².